The molecule has 0 spiro atoms. The van der Waals surface area contributed by atoms with Crippen molar-refractivity contribution in [1.29, 1.82) is 0 Å². The van der Waals surface area contributed by atoms with Crippen molar-refractivity contribution in [2.45, 2.75) is 25.7 Å². The van der Waals surface area contributed by atoms with Crippen molar-refractivity contribution in [3.05, 3.63) is 30.1 Å². The first-order valence-electron chi connectivity index (χ1n) is 7.81. The highest BCUT2D eigenvalue weighted by Crippen LogP contribution is 2.15. The summed E-state index contributed by atoms with van der Waals surface area (Å²) in [6.45, 7) is 2.29. The second kappa shape index (κ2) is 8.87. The molecule has 23 heavy (non-hydrogen) atoms. The van der Waals surface area contributed by atoms with Crippen LogP contribution in [-0.2, 0) is 9.53 Å². The van der Waals surface area contributed by atoms with Gasteiger partial charge in [-0.2, -0.15) is 0 Å². The number of amides is 1. The minimum atomic E-state index is -0.404. The summed E-state index contributed by atoms with van der Waals surface area (Å²) in [5, 5.41) is 2.77. The molecule has 0 bridgehead atoms. The van der Waals surface area contributed by atoms with E-state index in [0.29, 0.717) is 24.6 Å². The summed E-state index contributed by atoms with van der Waals surface area (Å²) < 4.78 is 4.48. The van der Waals surface area contributed by atoms with Gasteiger partial charge in [-0.05, 0) is 31.7 Å². The third-order valence-corrected chi connectivity index (χ3v) is 3.57. The number of carbonyl (C=O) groups is 2. The van der Waals surface area contributed by atoms with Crippen molar-refractivity contribution in [2.75, 3.05) is 31.6 Å². The summed E-state index contributed by atoms with van der Waals surface area (Å²) >= 11 is 0. The van der Waals surface area contributed by atoms with Crippen molar-refractivity contribution in [1.82, 2.24) is 15.3 Å². The number of aromatic nitrogens is 2. The van der Waals surface area contributed by atoms with E-state index in [-0.39, 0.29) is 5.91 Å². The van der Waals surface area contributed by atoms with Crippen LogP contribution in [0.5, 0.6) is 0 Å². The predicted octanol–water partition coefficient (Wildman–Crippen LogP) is 1.32. The lowest BCUT2D eigenvalue weighted by molar-refractivity contribution is -0.134. The molecule has 0 aromatic carbocycles. The Morgan fingerprint density at radius 2 is 2.13 bits per heavy atom. The zero-order valence-electron chi connectivity index (χ0n) is 13.3. The summed E-state index contributed by atoms with van der Waals surface area (Å²) in [4.78, 5) is 33.7. The molecular formula is C16H22N4O3. The first-order valence-corrected chi connectivity index (χ1v) is 7.81. The molecule has 7 heteroatoms. The van der Waals surface area contributed by atoms with Crippen molar-refractivity contribution < 1.29 is 14.3 Å². The lowest BCUT2D eigenvalue weighted by Crippen LogP contribution is -2.32. The molecule has 1 fully saturated rings. The number of methoxy groups -OCH3 is 1. The van der Waals surface area contributed by atoms with Crippen LogP contribution in [-0.4, -0.2) is 48.6 Å². The Bertz CT molecular complexity index is 568. The van der Waals surface area contributed by atoms with Gasteiger partial charge in [0.2, 0.25) is 5.95 Å². The Labute approximate surface area is 135 Å². The fourth-order valence-electron chi connectivity index (χ4n) is 2.33. The number of rotatable bonds is 6. The maximum absolute atomic E-state index is 12.1. The molecule has 1 amide bonds. The lowest BCUT2D eigenvalue weighted by Gasteiger charge is -2.26. The second-order valence-corrected chi connectivity index (χ2v) is 5.26. The highest BCUT2D eigenvalue weighted by atomic mass is 16.5. The average molecular weight is 318 g/mol. The number of hydrogen-bond acceptors (Lipinski definition) is 6. The molecule has 1 saturated heterocycles. The lowest BCUT2D eigenvalue weighted by atomic mass is 10.1. The average Bonchev–Trinajstić information content (AvgIpc) is 2.62. The Morgan fingerprint density at radius 3 is 2.87 bits per heavy atom. The number of carbonyl (C=O) groups excluding carboxylic acids is 2. The van der Waals surface area contributed by atoms with Crippen molar-refractivity contribution in [3.8, 4) is 0 Å². The van der Waals surface area contributed by atoms with Crippen LogP contribution in [0.2, 0.25) is 0 Å². The first-order chi connectivity index (χ1) is 11.2. The third kappa shape index (κ3) is 5.36. The van der Waals surface area contributed by atoms with Crippen LogP contribution in [0.1, 0.15) is 36.2 Å². The quantitative estimate of drug-likeness (QED) is 0.484. The fourth-order valence-corrected chi connectivity index (χ4v) is 2.33. The van der Waals surface area contributed by atoms with Crippen molar-refractivity contribution in [3.63, 3.8) is 0 Å². The van der Waals surface area contributed by atoms with E-state index in [1.54, 1.807) is 18.3 Å². The van der Waals surface area contributed by atoms with Crippen molar-refractivity contribution in [2.24, 2.45) is 0 Å². The summed E-state index contributed by atoms with van der Waals surface area (Å²) in [5.41, 5.74) is 0.359. The zero-order valence-corrected chi connectivity index (χ0v) is 13.3. The molecule has 0 unspecified atom stereocenters. The molecule has 7 nitrogen and oxygen atoms in total. The van der Waals surface area contributed by atoms with Crippen LogP contribution in [0, 0.1) is 0 Å². The van der Waals surface area contributed by atoms with E-state index in [4.69, 9.17) is 0 Å². The highest BCUT2D eigenvalue weighted by molar-refractivity contribution is 5.92. The molecule has 2 rings (SSSR count). The number of hydrogen-bond donors (Lipinski definition) is 1. The standard InChI is InChI=1S/C16H22N4O3/c1-23-14(21)7-3-4-9-17-15(22)13-8-10-18-16(19-13)20-11-5-2-6-12-20/h3,7-8,10H,2,4-6,9,11-12H2,1H3,(H,17,22)/b7-3+. The van der Waals surface area contributed by atoms with Gasteiger partial charge in [-0.15, -0.1) is 0 Å². The number of esters is 1. The minimum absolute atomic E-state index is 0.239. The normalized spacial score (nSPS) is 14.7. The second-order valence-electron chi connectivity index (χ2n) is 5.26. The van der Waals surface area contributed by atoms with Gasteiger partial charge in [-0.1, -0.05) is 6.08 Å². The molecule has 1 aliphatic rings. The maximum atomic E-state index is 12.1. The number of nitrogens with one attached hydrogen (secondary N) is 1. The number of nitrogens with zero attached hydrogens (tertiary/aromatic N) is 3. The molecule has 0 radical (unpaired) electrons. The molecule has 1 aromatic heterocycles. The number of anilines is 1. The SMILES string of the molecule is COC(=O)/C=C/CCNC(=O)c1ccnc(N2CCCCC2)n1. The Kier molecular flexibility index (Phi) is 6.53. The molecule has 0 atom stereocenters. The van der Waals surface area contributed by atoms with Gasteiger partial charge in [0.15, 0.2) is 0 Å². The summed E-state index contributed by atoms with van der Waals surface area (Å²) in [6.07, 6.45) is 8.65. The predicted molar refractivity (Wildman–Crippen MR) is 86.2 cm³/mol. The number of piperidine rings is 1. The topological polar surface area (TPSA) is 84.4 Å². The molecule has 0 aliphatic carbocycles. The van der Waals surface area contributed by atoms with E-state index in [1.807, 2.05) is 0 Å². The Balaban J connectivity index is 1.84. The van der Waals surface area contributed by atoms with Gasteiger partial charge in [0, 0.05) is 31.9 Å². The maximum Gasteiger partial charge on any atom is 0.330 e. The van der Waals surface area contributed by atoms with Crippen LogP contribution in [0.25, 0.3) is 0 Å². The van der Waals surface area contributed by atoms with E-state index in [9.17, 15) is 9.59 Å². The smallest absolute Gasteiger partial charge is 0.330 e. The Morgan fingerprint density at radius 1 is 1.35 bits per heavy atom. The molecule has 0 saturated carbocycles. The van der Waals surface area contributed by atoms with Gasteiger partial charge in [0.25, 0.3) is 5.91 Å². The van der Waals surface area contributed by atoms with Gasteiger partial charge in [-0.3, -0.25) is 4.79 Å². The Hall–Kier alpha value is -2.44. The molecule has 1 N–H and O–H groups in total. The van der Waals surface area contributed by atoms with Gasteiger partial charge in [0.1, 0.15) is 5.69 Å². The summed E-state index contributed by atoms with van der Waals surface area (Å²) in [5.74, 6) is -0.0293. The third-order valence-electron chi connectivity index (χ3n) is 3.57. The van der Waals surface area contributed by atoms with Crippen LogP contribution >= 0.6 is 0 Å². The van der Waals surface area contributed by atoms with Crippen LogP contribution in [0.15, 0.2) is 24.4 Å². The van der Waals surface area contributed by atoms with E-state index < -0.39 is 5.97 Å². The minimum Gasteiger partial charge on any atom is -0.466 e. The van der Waals surface area contributed by atoms with Gasteiger partial charge in [0.05, 0.1) is 7.11 Å². The first kappa shape index (κ1) is 16.9. The summed E-state index contributed by atoms with van der Waals surface area (Å²) in [7, 11) is 1.32. The molecule has 1 aliphatic heterocycles. The van der Waals surface area contributed by atoms with Gasteiger partial charge < -0.3 is 15.0 Å². The monoisotopic (exact) mass is 318 g/mol. The zero-order chi connectivity index (χ0) is 16.5. The van der Waals surface area contributed by atoms with Crippen LogP contribution in [0.4, 0.5) is 5.95 Å². The highest BCUT2D eigenvalue weighted by Gasteiger charge is 2.15. The van der Waals surface area contributed by atoms with E-state index in [1.165, 1.54) is 19.6 Å². The van der Waals surface area contributed by atoms with Crippen LogP contribution in [0.3, 0.4) is 0 Å². The molecule has 1 aromatic rings. The van der Waals surface area contributed by atoms with Crippen molar-refractivity contribution >= 4 is 17.8 Å². The van der Waals surface area contributed by atoms with E-state index in [0.717, 1.165) is 25.9 Å². The summed E-state index contributed by atoms with van der Waals surface area (Å²) in [6, 6.07) is 1.60. The van der Waals surface area contributed by atoms with Gasteiger partial charge in [-0.25, -0.2) is 14.8 Å². The van der Waals surface area contributed by atoms with Crippen LogP contribution < -0.4 is 10.2 Å². The molecule has 2 heterocycles. The number of ether oxygens (including phenoxy) is 1. The largest absolute Gasteiger partial charge is 0.466 e. The van der Waals surface area contributed by atoms with Gasteiger partial charge >= 0.3 is 5.97 Å². The molecule has 124 valence electrons. The molecular weight excluding hydrogens is 296 g/mol. The van der Waals surface area contributed by atoms with E-state index >= 15 is 0 Å². The van der Waals surface area contributed by atoms with E-state index in [2.05, 4.69) is 24.9 Å². The fraction of sp³-hybridized carbons (Fsp3) is 0.500.